The lowest BCUT2D eigenvalue weighted by Gasteiger charge is -2.37. The van der Waals surface area contributed by atoms with Crippen molar-refractivity contribution in [1.29, 1.82) is 5.26 Å². The first kappa shape index (κ1) is 13.1. The van der Waals surface area contributed by atoms with Crippen LogP contribution in [0, 0.1) is 17.1 Å². The maximum absolute atomic E-state index is 13.3. The van der Waals surface area contributed by atoms with E-state index in [4.69, 9.17) is 5.26 Å². The molecule has 0 radical (unpaired) electrons. The Hall–Kier alpha value is -1.93. The molecule has 4 nitrogen and oxygen atoms in total. The van der Waals surface area contributed by atoms with Crippen LogP contribution in [0.25, 0.3) is 0 Å². The highest BCUT2D eigenvalue weighted by Gasteiger charge is 2.35. The zero-order valence-corrected chi connectivity index (χ0v) is 11.2. The number of nitriles is 1. The molecule has 0 aliphatic carbocycles. The number of rotatable bonds is 2. The summed E-state index contributed by atoms with van der Waals surface area (Å²) in [6.45, 7) is 2.90. The van der Waals surface area contributed by atoms with E-state index < -0.39 is 0 Å². The summed E-state index contributed by atoms with van der Waals surface area (Å²) in [5.41, 5.74) is 1.25. The summed E-state index contributed by atoms with van der Waals surface area (Å²) in [5.74, 6) is -0.0631. The summed E-state index contributed by atoms with van der Waals surface area (Å²) in [7, 11) is 0. The number of carbonyl (C=O) groups excluding carboxylic acids is 1. The molecule has 104 valence electrons. The predicted molar refractivity (Wildman–Crippen MR) is 71.1 cm³/mol. The zero-order valence-electron chi connectivity index (χ0n) is 11.2. The monoisotopic (exact) mass is 273 g/mol. The van der Waals surface area contributed by atoms with Crippen LogP contribution >= 0.6 is 0 Å². The van der Waals surface area contributed by atoms with Crippen LogP contribution in [0.4, 0.5) is 4.39 Å². The van der Waals surface area contributed by atoms with Gasteiger partial charge in [0.05, 0.1) is 11.6 Å². The summed E-state index contributed by atoms with van der Waals surface area (Å²) >= 11 is 0. The highest BCUT2D eigenvalue weighted by Crippen LogP contribution is 2.24. The highest BCUT2D eigenvalue weighted by atomic mass is 19.1. The fraction of sp³-hybridized carbons (Fsp3) is 0.467. The molecule has 0 spiro atoms. The number of hydrogen-bond donors (Lipinski definition) is 0. The number of amides is 1. The van der Waals surface area contributed by atoms with Gasteiger partial charge in [0.25, 0.3) is 0 Å². The summed E-state index contributed by atoms with van der Waals surface area (Å²) in [6, 6.07) is 6.67. The number of fused-ring (bicyclic) bond motifs is 1. The average Bonchev–Trinajstić information content (AvgIpc) is 2.80. The van der Waals surface area contributed by atoms with Gasteiger partial charge in [-0.15, -0.1) is 0 Å². The lowest BCUT2D eigenvalue weighted by molar-refractivity contribution is -0.130. The van der Waals surface area contributed by atoms with Gasteiger partial charge in [0.15, 0.2) is 0 Å². The van der Waals surface area contributed by atoms with Crippen molar-refractivity contribution in [3.05, 3.63) is 35.1 Å². The second-order valence-corrected chi connectivity index (χ2v) is 5.43. The molecule has 0 bridgehead atoms. The quantitative estimate of drug-likeness (QED) is 0.820. The van der Waals surface area contributed by atoms with Gasteiger partial charge in [-0.3, -0.25) is 9.69 Å². The van der Waals surface area contributed by atoms with Crippen molar-refractivity contribution < 1.29 is 9.18 Å². The second kappa shape index (κ2) is 5.22. The van der Waals surface area contributed by atoms with Crippen LogP contribution in [0.3, 0.4) is 0 Å². The minimum atomic E-state index is -0.311. The van der Waals surface area contributed by atoms with Crippen molar-refractivity contribution in [3.8, 4) is 6.07 Å². The molecule has 1 amide bonds. The van der Waals surface area contributed by atoms with Crippen molar-refractivity contribution in [2.45, 2.75) is 25.4 Å². The molecule has 2 heterocycles. The average molecular weight is 273 g/mol. The number of carbonyl (C=O) groups is 1. The molecule has 0 N–H and O–H groups in total. The number of benzene rings is 1. The van der Waals surface area contributed by atoms with Crippen LogP contribution in [0.5, 0.6) is 0 Å². The van der Waals surface area contributed by atoms with Crippen LogP contribution in [0.1, 0.15) is 24.0 Å². The Kier molecular flexibility index (Phi) is 3.41. The van der Waals surface area contributed by atoms with Crippen LogP contribution in [-0.2, 0) is 11.3 Å². The topological polar surface area (TPSA) is 47.3 Å². The van der Waals surface area contributed by atoms with Gasteiger partial charge in [-0.2, -0.15) is 5.26 Å². The van der Waals surface area contributed by atoms with Crippen molar-refractivity contribution in [3.63, 3.8) is 0 Å². The van der Waals surface area contributed by atoms with E-state index in [1.165, 1.54) is 18.2 Å². The fourth-order valence-electron chi connectivity index (χ4n) is 3.12. The van der Waals surface area contributed by atoms with E-state index in [9.17, 15) is 9.18 Å². The van der Waals surface area contributed by atoms with Crippen molar-refractivity contribution in [1.82, 2.24) is 9.80 Å². The molecule has 0 aromatic heterocycles. The molecule has 2 aliphatic heterocycles. The first-order valence-electron chi connectivity index (χ1n) is 6.88. The molecular weight excluding hydrogens is 257 g/mol. The van der Waals surface area contributed by atoms with Gasteiger partial charge < -0.3 is 4.90 Å². The Labute approximate surface area is 117 Å². The molecule has 3 rings (SSSR count). The number of hydrogen-bond acceptors (Lipinski definition) is 3. The van der Waals surface area contributed by atoms with Crippen LogP contribution in [0.15, 0.2) is 18.2 Å². The lowest BCUT2D eigenvalue weighted by atomic mass is 10.1. The van der Waals surface area contributed by atoms with Gasteiger partial charge in [0, 0.05) is 38.6 Å². The first-order valence-corrected chi connectivity index (χ1v) is 6.88. The van der Waals surface area contributed by atoms with Crippen LogP contribution < -0.4 is 0 Å². The number of piperazine rings is 1. The minimum Gasteiger partial charge on any atom is -0.337 e. The highest BCUT2D eigenvalue weighted by molar-refractivity contribution is 5.78. The van der Waals surface area contributed by atoms with Crippen molar-refractivity contribution in [2.24, 2.45) is 0 Å². The normalized spacial score (nSPS) is 22.7. The number of nitrogens with zero attached hydrogens (tertiary/aromatic N) is 3. The maximum Gasteiger partial charge on any atom is 0.222 e. The Balaban J connectivity index is 1.72. The van der Waals surface area contributed by atoms with Crippen molar-refractivity contribution in [2.75, 3.05) is 19.6 Å². The lowest BCUT2D eigenvalue weighted by Crippen LogP contribution is -2.51. The smallest absolute Gasteiger partial charge is 0.222 e. The minimum absolute atomic E-state index is 0.248. The largest absolute Gasteiger partial charge is 0.337 e. The van der Waals surface area contributed by atoms with Gasteiger partial charge in [-0.1, -0.05) is 0 Å². The third-order valence-corrected chi connectivity index (χ3v) is 4.16. The van der Waals surface area contributed by atoms with E-state index in [2.05, 4.69) is 11.0 Å². The van der Waals surface area contributed by atoms with Gasteiger partial charge in [-0.25, -0.2) is 4.39 Å². The van der Waals surface area contributed by atoms with E-state index >= 15 is 0 Å². The van der Waals surface area contributed by atoms with E-state index in [1.54, 1.807) is 0 Å². The molecule has 1 unspecified atom stereocenters. The molecule has 1 aromatic rings. The van der Waals surface area contributed by atoms with E-state index in [-0.39, 0.29) is 17.8 Å². The van der Waals surface area contributed by atoms with E-state index in [0.29, 0.717) is 18.5 Å². The summed E-state index contributed by atoms with van der Waals surface area (Å²) in [6.07, 6.45) is 1.55. The molecule has 2 aliphatic rings. The van der Waals surface area contributed by atoms with Gasteiger partial charge in [0.1, 0.15) is 5.82 Å². The Morgan fingerprint density at radius 3 is 3.05 bits per heavy atom. The molecule has 5 heteroatoms. The van der Waals surface area contributed by atoms with Crippen LogP contribution in [-0.4, -0.2) is 41.4 Å². The standard InChI is InChI=1S/C15H16FN3O/c16-13-2-1-11(8-17)12(7-13)9-18-5-6-19-14(10-18)3-4-15(19)20/h1-2,7,14H,3-6,9-10H2. The molecule has 1 aromatic carbocycles. The SMILES string of the molecule is N#Cc1ccc(F)cc1CN1CCN2C(=O)CCC2C1. The Morgan fingerprint density at radius 1 is 1.40 bits per heavy atom. The third-order valence-electron chi connectivity index (χ3n) is 4.16. The predicted octanol–water partition coefficient (Wildman–Crippen LogP) is 1.50. The molecule has 20 heavy (non-hydrogen) atoms. The zero-order chi connectivity index (χ0) is 14.1. The first-order chi connectivity index (χ1) is 9.67. The second-order valence-electron chi connectivity index (χ2n) is 5.43. The molecule has 2 saturated heterocycles. The Bertz CT molecular complexity index is 581. The fourth-order valence-corrected chi connectivity index (χ4v) is 3.12. The van der Waals surface area contributed by atoms with Crippen LogP contribution in [0.2, 0.25) is 0 Å². The van der Waals surface area contributed by atoms with Gasteiger partial charge in [-0.05, 0) is 30.2 Å². The van der Waals surface area contributed by atoms with Crippen molar-refractivity contribution >= 4 is 5.91 Å². The molecule has 1 atom stereocenters. The van der Waals surface area contributed by atoms with E-state index in [1.807, 2.05) is 4.90 Å². The Morgan fingerprint density at radius 2 is 2.25 bits per heavy atom. The summed E-state index contributed by atoms with van der Waals surface area (Å²) in [4.78, 5) is 15.8. The number of halogens is 1. The molecular formula is C15H16FN3O. The maximum atomic E-state index is 13.3. The summed E-state index contributed by atoms with van der Waals surface area (Å²) < 4.78 is 13.3. The van der Waals surface area contributed by atoms with Gasteiger partial charge in [0.2, 0.25) is 5.91 Å². The molecule has 2 fully saturated rings. The van der Waals surface area contributed by atoms with E-state index in [0.717, 1.165) is 31.6 Å². The molecule has 0 saturated carbocycles. The summed E-state index contributed by atoms with van der Waals surface area (Å²) in [5, 5.41) is 9.08. The van der Waals surface area contributed by atoms with Gasteiger partial charge >= 0.3 is 0 Å². The third kappa shape index (κ3) is 2.39.